The summed E-state index contributed by atoms with van der Waals surface area (Å²) in [5, 5.41) is 8.71. The third-order valence-corrected chi connectivity index (χ3v) is 3.85. The molecule has 1 atom stereocenters. The Hall–Kier alpha value is -2.32. The molecule has 0 aromatic heterocycles. The van der Waals surface area contributed by atoms with Crippen molar-refractivity contribution in [3.63, 3.8) is 0 Å². The second-order valence-electron chi connectivity index (χ2n) is 4.43. The van der Waals surface area contributed by atoms with Crippen molar-refractivity contribution in [3.8, 4) is 11.8 Å². The molecular formula is C17H14FNO2S. The summed E-state index contributed by atoms with van der Waals surface area (Å²) in [6.07, 6.45) is -0.261. The zero-order chi connectivity index (χ0) is 15.9. The zero-order valence-corrected chi connectivity index (χ0v) is 12.8. The summed E-state index contributed by atoms with van der Waals surface area (Å²) in [4.78, 5) is 12.3. The van der Waals surface area contributed by atoms with Crippen LogP contribution in [-0.4, -0.2) is 12.0 Å². The maximum Gasteiger partial charge on any atom is 0.179 e. The number of hydrogen-bond acceptors (Lipinski definition) is 4. The summed E-state index contributed by atoms with van der Waals surface area (Å²) < 4.78 is 19.2. The van der Waals surface area contributed by atoms with Gasteiger partial charge in [0.1, 0.15) is 0 Å². The van der Waals surface area contributed by atoms with Crippen LogP contribution in [0.15, 0.2) is 47.4 Å². The molecule has 3 nitrogen and oxygen atoms in total. The smallest absolute Gasteiger partial charge is 0.179 e. The standard InChI is InChI=1S/C17H14FNO2S/c1-2-22-14-6-4-13(5-7-14)17(11-20)21-16-8-3-12(10-19)9-15(16)18/h3-9,11,17H,2H2,1H3. The monoisotopic (exact) mass is 315 g/mol. The Kier molecular flexibility index (Phi) is 5.56. The highest BCUT2D eigenvalue weighted by molar-refractivity contribution is 7.99. The first kappa shape index (κ1) is 16.1. The largest absolute Gasteiger partial charge is 0.475 e. The Bertz CT molecular complexity index is 695. The van der Waals surface area contributed by atoms with Gasteiger partial charge in [-0.15, -0.1) is 11.8 Å². The summed E-state index contributed by atoms with van der Waals surface area (Å²) >= 11 is 1.69. The van der Waals surface area contributed by atoms with Gasteiger partial charge in [0.2, 0.25) is 0 Å². The quantitative estimate of drug-likeness (QED) is 0.594. The Morgan fingerprint density at radius 1 is 1.32 bits per heavy atom. The third-order valence-electron chi connectivity index (χ3n) is 2.96. The lowest BCUT2D eigenvalue weighted by atomic mass is 10.1. The van der Waals surface area contributed by atoms with Crippen molar-refractivity contribution in [3.05, 3.63) is 59.4 Å². The van der Waals surface area contributed by atoms with E-state index in [4.69, 9.17) is 10.00 Å². The molecule has 22 heavy (non-hydrogen) atoms. The molecule has 1 unspecified atom stereocenters. The van der Waals surface area contributed by atoms with Gasteiger partial charge in [-0.05, 0) is 41.6 Å². The van der Waals surface area contributed by atoms with Crippen LogP contribution in [0.5, 0.6) is 5.75 Å². The summed E-state index contributed by atoms with van der Waals surface area (Å²) in [5.41, 5.74) is 0.854. The first-order chi connectivity index (χ1) is 10.7. The van der Waals surface area contributed by atoms with Crippen LogP contribution in [0.3, 0.4) is 0 Å². The Morgan fingerprint density at radius 3 is 2.59 bits per heavy atom. The van der Waals surface area contributed by atoms with Gasteiger partial charge in [-0.3, -0.25) is 4.79 Å². The molecule has 0 saturated heterocycles. The number of hydrogen-bond donors (Lipinski definition) is 0. The lowest BCUT2D eigenvalue weighted by molar-refractivity contribution is -0.114. The van der Waals surface area contributed by atoms with Gasteiger partial charge in [-0.25, -0.2) is 4.39 Å². The van der Waals surface area contributed by atoms with Crippen molar-refractivity contribution < 1.29 is 13.9 Å². The first-order valence-electron chi connectivity index (χ1n) is 6.72. The van der Waals surface area contributed by atoms with Gasteiger partial charge < -0.3 is 4.74 Å². The number of thioether (sulfide) groups is 1. The second-order valence-corrected chi connectivity index (χ2v) is 5.77. The fourth-order valence-corrected chi connectivity index (χ4v) is 2.56. The molecule has 2 rings (SSSR count). The number of nitriles is 1. The van der Waals surface area contributed by atoms with E-state index in [2.05, 4.69) is 6.92 Å². The van der Waals surface area contributed by atoms with Gasteiger partial charge in [0.25, 0.3) is 0 Å². The van der Waals surface area contributed by atoms with Crippen LogP contribution in [0.25, 0.3) is 0 Å². The van der Waals surface area contributed by atoms with Crippen molar-refractivity contribution in [2.45, 2.75) is 17.9 Å². The van der Waals surface area contributed by atoms with Gasteiger partial charge in [0.15, 0.2) is 24.0 Å². The van der Waals surface area contributed by atoms with E-state index in [0.717, 1.165) is 16.7 Å². The van der Waals surface area contributed by atoms with Crippen molar-refractivity contribution in [1.82, 2.24) is 0 Å². The number of carbonyl (C=O) groups is 1. The average Bonchev–Trinajstić information content (AvgIpc) is 2.55. The molecule has 0 fully saturated rings. The number of carbonyl (C=O) groups excluding carboxylic acids is 1. The SMILES string of the molecule is CCSc1ccc(C(C=O)Oc2ccc(C#N)cc2F)cc1. The fourth-order valence-electron chi connectivity index (χ4n) is 1.90. The van der Waals surface area contributed by atoms with Gasteiger partial charge in [-0.2, -0.15) is 5.26 Å². The summed E-state index contributed by atoms with van der Waals surface area (Å²) in [7, 11) is 0. The molecule has 0 aliphatic heterocycles. The van der Waals surface area contributed by atoms with Crippen LogP contribution in [0.4, 0.5) is 4.39 Å². The minimum Gasteiger partial charge on any atom is -0.475 e. The van der Waals surface area contributed by atoms with E-state index in [1.807, 2.05) is 18.2 Å². The molecule has 2 aromatic carbocycles. The molecule has 5 heteroatoms. The molecule has 0 radical (unpaired) electrons. The highest BCUT2D eigenvalue weighted by atomic mass is 32.2. The molecular weight excluding hydrogens is 301 g/mol. The van der Waals surface area contributed by atoms with Crippen LogP contribution in [0.2, 0.25) is 0 Å². The van der Waals surface area contributed by atoms with Crippen LogP contribution in [0, 0.1) is 17.1 Å². The van der Waals surface area contributed by atoms with E-state index in [9.17, 15) is 9.18 Å². The van der Waals surface area contributed by atoms with E-state index in [-0.39, 0.29) is 11.3 Å². The van der Waals surface area contributed by atoms with Crippen molar-refractivity contribution in [2.24, 2.45) is 0 Å². The molecule has 2 aromatic rings. The molecule has 112 valence electrons. The molecule has 0 aliphatic carbocycles. The molecule has 0 N–H and O–H groups in total. The van der Waals surface area contributed by atoms with E-state index in [0.29, 0.717) is 11.8 Å². The number of ether oxygens (including phenoxy) is 1. The minimum atomic E-state index is -0.886. The average molecular weight is 315 g/mol. The number of aldehydes is 1. The topological polar surface area (TPSA) is 50.1 Å². The maximum absolute atomic E-state index is 13.8. The number of rotatable bonds is 6. The molecule has 0 bridgehead atoms. The number of benzene rings is 2. The predicted molar refractivity (Wildman–Crippen MR) is 83.4 cm³/mol. The predicted octanol–water partition coefficient (Wildman–Crippen LogP) is 4.13. The molecule has 0 saturated carbocycles. The van der Waals surface area contributed by atoms with Crippen molar-refractivity contribution >= 4 is 18.0 Å². The molecule has 0 heterocycles. The van der Waals surface area contributed by atoms with Crippen molar-refractivity contribution in [1.29, 1.82) is 5.26 Å². The van der Waals surface area contributed by atoms with Crippen LogP contribution >= 0.6 is 11.8 Å². The lowest BCUT2D eigenvalue weighted by Gasteiger charge is -2.15. The van der Waals surface area contributed by atoms with E-state index >= 15 is 0 Å². The second kappa shape index (κ2) is 7.62. The molecule has 0 amide bonds. The highest BCUT2D eigenvalue weighted by Gasteiger charge is 2.15. The Morgan fingerprint density at radius 2 is 2.05 bits per heavy atom. The van der Waals surface area contributed by atoms with E-state index < -0.39 is 11.9 Å². The maximum atomic E-state index is 13.8. The lowest BCUT2D eigenvalue weighted by Crippen LogP contribution is -2.10. The minimum absolute atomic E-state index is 0.0527. The molecule has 0 spiro atoms. The molecule has 0 aliphatic rings. The fraction of sp³-hybridized carbons (Fsp3) is 0.176. The zero-order valence-electron chi connectivity index (χ0n) is 12.0. The highest BCUT2D eigenvalue weighted by Crippen LogP contribution is 2.26. The van der Waals surface area contributed by atoms with Crippen LogP contribution in [-0.2, 0) is 4.79 Å². The summed E-state index contributed by atoms with van der Waals surface area (Å²) in [6, 6.07) is 13.1. The van der Waals surface area contributed by atoms with Gasteiger partial charge in [-0.1, -0.05) is 19.1 Å². The van der Waals surface area contributed by atoms with Gasteiger partial charge in [0, 0.05) is 4.90 Å². The Balaban J connectivity index is 2.18. The number of halogens is 1. The summed E-state index contributed by atoms with van der Waals surface area (Å²) in [5.74, 6) is 0.246. The van der Waals surface area contributed by atoms with Crippen LogP contribution < -0.4 is 4.74 Å². The first-order valence-corrected chi connectivity index (χ1v) is 7.71. The van der Waals surface area contributed by atoms with Gasteiger partial charge >= 0.3 is 0 Å². The van der Waals surface area contributed by atoms with Gasteiger partial charge in [0.05, 0.1) is 11.6 Å². The van der Waals surface area contributed by atoms with Crippen molar-refractivity contribution in [2.75, 3.05) is 5.75 Å². The number of nitrogens with zero attached hydrogens (tertiary/aromatic N) is 1. The van der Waals surface area contributed by atoms with E-state index in [1.54, 1.807) is 23.9 Å². The van der Waals surface area contributed by atoms with E-state index in [1.165, 1.54) is 12.1 Å². The summed E-state index contributed by atoms with van der Waals surface area (Å²) in [6.45, 7) is 2.06. The normalized spacial score (nSPS) is 11.5. The van der Waals surface area contributed by atoms with Crippen LogP contribution in [0.1, 0.15) is 24.2 Å². The Labute approximate surface area is 132 Å². The third kappa shape index (κ3) is 3.86.